The molecule has 0 N–H and O–H groups in total. The van der Waals surface area contributed by atoms with Crippen molar-refractivity contribution in [3.8, 4) is 0 Å². The molecule has 0 unspecified atom stereocenters. The molecule has 3 rings (SSSR count). The summed E-state index contributed by atoms with van der Waals surface area (Å²) >= 11 is 2.00. The van der Waals surface area contributed by atoms with E-state index in [-0.39, 0.29) is 0 Å². The summed E-state index contributed by atoms with van der Waals surface area (Å²) in [5.74, 6) is 2.15. The number of rotatable bonds is 3. The number of benzene rings is 1. The Hall–Kier alpha value is -0.960. The molecule has 3 heteroatoms. The Balaban J connectivity index is 1.57. The summed E-state index contributed by atoms with van der Waals surface area (Å²) in [5, 5.41) is 0.555. The monoisotopic (exact) mass is 275 g/mol. The van der Waals surface area contributed by atoms with Crippen molar-refractivity contribution in [3.63, 3.8) is 0 Å². The van der Waals surface area contributed by atoms with Gasteiger partial charge < -0.3 is 4.90 Å². The lowest BCUT2D eigenvalue weighted by Gasteiger charge is -2.20. The largest absolute Gasteiger partial charge is 0.342 e. The number of thioether (sulfide) groups is 1. The summed E-state index contributed by atoms with van der Waals surface area (Å²) in [6.07, 6.45) is 4.41. The zero-order valence-electron chi connectivity index (χ0n) is 11.3. The van der Waals surface area contributed by atoms with Gasteiger partial charge in [0.1, 0.15) is 0 Å². The van der Waals surface area contributed by atoms with Gasteiger partial charge in [-0.1, -0.05) is 30.3 Å². The van der Waals surface area contributed by atoms with Crippen LogP contribution in [-0.4, -0.2) is 29.6 Å². The lowest BCUT2D eigenvalue weighted by molar-refractivity contribution is -0.131. The van der Waals surface area contributed by atoms with Crippen molar-refractivity contribution in [2.45, 2.75) is 30.9 Å². The van der Waals surface area contributed by atoms with Gasteiger partial charge in [-0.3, -0.25) is 4.79 Å². The molecule has 1 aliphatic carbocycles. The standard InChI is InChI=1S/C16H21NOS/c18-16(12-13-6-7-13)17-9-8-15(19-11-10-17)14-4-2-1-3-5-14/h1-5,13,15H,6-12H2/t15-/m0/s1. The SMILES string of the molecule is O=C(CC1CC1)N1CCS[C@H](c2ccccc2)CC1. The van der Waals surface area contributed by atoms with Crippen molar-refractivity contribution < 1.29 is 4.79 Å². The van der Waals surface area contributed by atoms with Gasteiger partial charge in [0.05, 0.1) is 0 Å². The molecule has 1 aromatic carbocycles. The molecule has 0 bridgehead atoms. The maximum atomic E-state index is 12.2. The molecule has 1 saturated heterocycles. The second kappa shape index (κ2) is 6.00. The predicted octanol–water partition coefficient (Wildman–Crippen LogP) is 3.49. The molecule has 0 aromatic heterocycles. The van der Waals surface area contributed by atoms with Gasteiger partial charge >= 0.3 is 0 Å². The van der Waals surface area contributed by atoms with Crippen LogP contribution in [0, 0.1) is 5.92 Å². The van der Waals surface area contributed by atoms with Crippen molar-refractivity contribution in [3.05, 3.63) is 35.9 Å². The van der Waals surface area contributed by atoms with E-state index in [4.69, 9.17) is 0 Å². The fourth-order valence-corrected chi connectivity index (χ4v) is 3.88. The van der Waals surface area contributed by atoms with E-state index in [0.717, 1.165) is 31.7 Å². The van der Waals surface area contributed by atoms with Crippen LogP contribution in [0.3, 0.4) is 0 Å². The minimum absolute atomic E-state index is 0.386. The highest BCUT2D eigenvalue weighted by atomic mass is 32.2. The molecule has 1 atom stereocenters. The normalized spacial score (nSPS) is 24.0. The topological polar surface area (TPSA) is 20.3 Å². The molecule has 1 amide bonds. The van der Waals surface area contributed by atoms with Crippen LogP contribution in [0.1, 0.15) is 36.5 Å². The van der Waals surface area contributed by atoms with Crippen molar-refractivity contribution in [2.24, 2.45) is 5.92 Å². The Bertz CT molecular complexity index is 430. The van der Waals surface area contributed by atoms with Crippen LogP contribution < -0.4 is 0 Å². The van der Waals surface area contributed by atoms with Gasteiger partial charge in [-0.15, -0.1) is 0 Å². The van der Waals surface area contributed by atoms with Gasteiger partial charge in [-0.2, -0.15) is 11.8 Å². The minimum Gasteiger partial charge on any atom is -0.342 e. The van der Waals surface area contributed by atoms with Gasteiger partial charge in [0.15, 0.2) is 0 Å². The van der Waals surface area contributed by atoms with Gasteiger partial charge in [0.2, 0.25) is 5.91 Å². The van der Waals surface area contributed by atoms with Crippen LogP contribution in [0.5, 0.6) is 0 Å². The van der Waals surface area contributed by atoms with E-state index in [9.17, 15) is 4.79 Å². The van der Waals surface area contributed by atoms with Gasteiger partial charge in [0, 0.05) is 30.5 Å². The first-order valence-corrected chi connectivity index (χ1v) is 8.32. The highest BCUT2D eigenvalue weighted by Crippen LogP contribution is 2.36. The number of nitrogens with zero attached hydrogens (tertiary/aromatic N) is 1. The molecule has 2 aliphatic rings. The lowest BCUT2D eigenvalue weighted by Crippen LogP contribution is -2.33. The second-order valence-electron chi connectivity index (χ2n) is 5.59. The molecule has 0 spiro atoms. The first kappa shape index (κ1) is 13.0. The quantitative estimate of drug-likeness (QED) is 0.841. The van der Waals surface area contributed by atoms with E-state index in [2.05, 4.69) is 35.2 Å². The first-order valence-electron chi connectivity index (χ1n) is 7.27. The first-order chi connectivity index (χ1) is 9.33. The van der Waals surface area contributed by atoms with E-state index in [1.165, 1.54) is 18.4 Å². The summed E-state index contributed by atoms with van der Waals surface area (Å²) < 4.78 is 0. The molecule has 1 saturated carbocycles. The molecule has 1 aliphatic heterocycles. The Morgan fingerprint density at radius 3 is 2.68 bits per heavy atom. The van der Waals surface area contributed by atoms with Crippen LogP contribution in [0.15, 0.2) is 30.3 Å². The third kappa shape index (κ3) is 3.53. The van der Waals surface area contributed by atoms with E-state index < -0.39 is 0 Å². The smallest absolute Gasteiger partial charge is 0.222 e. The van der Waals surface area contributed by atoms with Crippen molar-refractivity contribution in [2.75, 3.05) is 18.8 Å². The average molecular weight is 275 g/mol. The van der Waals surface area contributed by atoms with Gasteiger partial charge in [0.25, 0.3) is 0 Å². The number of amides is 1. The highest BCUT2D eigenvalue weighted by Gasteiger charge is 2.28. The van der Waals surface area contributed by atoms with E-state index >= 15 is 0 Å². The summed E-state index contributed by atoms with van der Waals surface area (Å²) in [4.78, 5) is 14.3. The zero-order chi connectivity index (χ0) is 13.1. The van der Waals surface area contributed by atoms with Crippen LogP contribution in [-0.2, 0) is 4.79 Å². The molecular formula is C16H21NOS. The molecular weight excluding hydrogens is 254 g/mol. The van der Waals surface area contributed by atoms with Crippen LogP contribution in [0.2, 0.25) is 0 Å². The van der Waals surface area contributed by atoms with Crippen molar-refractivity contribution in [1.29, 1.82) is 0 Å². The van der Waals surface area contributed by atoms with Crippen LogP contribution in [0.25, 0.3) is 0 Å². The molecule has 102 valence electrons. The highest BCUT2D eigenvalue weighted by molar-refractivity contribution is 7.99. The predicted molar refractivity (Wildman–Crippen MR) is 80.2 cm³/mol. The summed E-state index contributed by atoms with van der Waals surface area (Å²) in [7, 11) is 0. The van der Waals surface area contributed by atoms with E-state index in [1.807, 2.05) is 11.8 Å². The van der Waals surface area contributed by atoms with Crippen LogP contribution in [0.4, 0.5) is 0 Å². The summed E-state index contributed by atoms with van der Waals surface area (Å²) in [6, 6.07) is 10.7. The number of hydrogen-bond donors (Lipinski definition) is 0. The Morgan fingerprint density at radius 1 is 1.16 bits per heavy atom. The summed E-state index contributed by atoms with van der Waals surface area (Å²) in [6.45, 7) is 1.86. The third-order valence-corrected chi connectivity index (χ3v) is 5.35. The number of carbonyl (C=O) groups is 1. The van der Waals surface area contributed by atoms with Gasteiger partial charge in [-0.25, -0.2) is 0 Å². The molecule has 1 aromatic rings. The van der Waals surface area contributed by atoms with E-state index in [0.29, 0.717) is 17.1 Å². The second-order valence-corrected chi connectivity index (χ2v) is 6.90. The Kier molecular flexibility index (Phi) is 4.12. The van der Waals surface area contributed by atoms with E-state index in [1.54, 1.807) is 0 Å². The fraction of sp³-hybridized carbons (Fsp3) is 0.562. The fourth-order valence-electron chi connectivity index (χ4n) is 2.65. The lowest BCUT2D eigenvalue weighted by atomic mass is 10.1. The molecule has 2 fully saturated rings. The maximum Gasteiger partial charge on any atom is 0.222 e. The summed E-state index contributed by atoms with van der Waals surface area (Å²) in [5.41, 5.74) is 1.41. The molecule has 2 nitrogen and oxygen atoms in total. The number of hydrogen-bond acceptors (Lipinski definition) is 2. The Morgan fingerprint density at radius 2 is 1.95 bits per heavy atom. The zero-order valence-corrected chi connectivity index (χ0v) is 12.1. The molecule has 1 heterocycles. The van der Waals surface area contributed by atoms with Gasteiger partial charge in [-0.05, 0) is 30.7 Å². The van der Waals surface area contributed by atoms with Crippen molar-refractivity contribution in [1.82, 2.24) is 4.90 Å². The molecule has 19 heavy (non-hydrogen) atoms. The third-order valence-electron chi connectivity index (χ3n) is 4.03. The number of carbonyl (C=O) groups excluding carboxylic acids is 1. The maximum absolute atomic E-state index is 12.2. The van der Waals surface area contributed by atoms with Crippen LogP contribution >= 0.6 is 11.8 Å². The van der Waals surface area contributed by atoms with Crippen molar-refractivity contribution >= 4 is 17.7 Å². The minimum atomic E-state index is 0.386. The Labute approximate surface area is 119 Å². The average Bonchev–Trinajstić information content (AvgIpc) is 3.25. The molecule has 0 radical (unpaired) electrons.